The Labute approximate surface area is 134 Å². The SMILES string of the molecule is CC(C)C(=O)Nc1ccc(NC2=CC(=O)N(CCO)C2=O)cc1. The highest BCUT2D eigenvalue weighted by Crippen LogP contribution is 2.19. The number of hydrogen-bond donors (Lipinski definition) is 3. The lowest BCUT2D eigenvalue weighted by Gasteiger charge is -2.13. The van der Waals surface area contributed by atoms with E-state index in [4.69, 9.17) is 5.11 Å². The molecule has 23 heavy (non-hydrogen) atoms. The summed E-state index contributed by atoms with van der Waals surface area (Å²) < 4.78 is 0. The Balaban J connectivity index is 2.02. The number of nitrogens with zero attached hydrogens (tertiary/aromatic N) is 1. The number of aliphatic hydroxyl groups is 1. The zero-order chi connectivity index (χ0) is 17.0. The number of anilines is 2. The zero-order valence-electron chi connectivity index (χ0n) is 13.0. The number of carbonyl (C=O) groups excluding carboxylic acids is 3. The van der Waals surface area contributed by atoms with Gasteiger partial charge in [-0.2, -0.15) is 0 Å². The summed E-state index contributed by atoms with van der Waals surface area (Å²) in [5, 5.41) is 14.5. The van der Waals surface area contributed by atoms with Crippen LogP contribution in [0.25, 0.3) is 0 Å². The van der Waals surface area contributed by atoms with Crippen LogP contribution in [0.15, 0.2) is 36.0 Å². The van der Waals surface area contributed by atoms with Crippen LogP contribution < -0.4 is 10.6 Å². The molecule has 0 radical (unpaired) electrons. The molecule has 7 heteroatoms. The molecule has 1 aromatic carbocycles. The molecule has 1 aliphatic heterocycles. The van der Waals surface area contributed by atoms with Gasteiger partial charge in [0, 0.05) is 23.4 Å². The minimum absolute atomic E-state index is 0.0283. The van der Waals surface area contributed by atoms with Gasteiger partial charge in [0.05, 0.1) is 13.2 Å². The largest absolute Gasteiger partial charge is 0.395 e. The third kappa shape index (κ3) is 3.95. The second kappa shape index (κ2) is 7.06. The van der Waals surface area contributed by atoms with Crippen molar-refractivity contribution in [3.05, 3.63) is 36.0 Å². The first-order chi connectivity index (χ1) is 10.9. The van der Waals surface area contributed by atoms with Crippen LogP contribution >= 0.6 is 0 Å². The van der Waals surface area contributed by atoms with E-state index >= 15 is 0 Å². The summed E-state index contributed by atoms with van der Waals surface area (Å²) in [5.74, 6) is -1.11. The second-order valence-electron chi connectivity index (χ2n) is 5.42. The Hall–Kier alpha value is -2.67. The first kappa shape index (κ1) is 16.7. The van der Waals surface area contributed by atoms with Crippen molar-refractivity contribution in [2.75, 3.05) is 23.8 Å². The van der Waals surface area contributed by atoms with Crippen LogP contribution in [0.2, 0.25) is 0 Å². The number of aliphatic hydroxyl groups excluding tert-OH is 1. The standard InChI is InChI=1S/C16H19N3O4/c1-10(2)15(22)18-12-5-3-11(4-6-12)17-13-9-14(21)19(7-8-20)16(13)23/h3-6,9-10,17,20H,7-8H2,1-2H3,(H,18,22). The van der Waals surface area contributed by atoms with Crippen LogP contribution in [0.5, 0.6) is 0 Å². The van der Waals surface area contributed by atoms with E-state index in [1.807, 2.05) is 0 Å². The van der Waals surface area contributed by atoms with E-state index in [1.54, 1.807) is 38.1 Å². The molecule has 3 N–H and O–H groups in total. The van der Waals surface area contributed by atoms with Crippen molar-refractivity contribution in [3.63, 3.8) is 0 Å². The molecule has 0 unspecified atom stereocenters. The highest BCUT2D eigenvalue weighted by molar-refractivity contribution is 6.17. The van der Waals surface area contributed by atoms with Crippen LogP contribution in [0.3, 0.4) is 0 Å². The Bertz CT molecular complexity index is 650. The number of β-amino-alcohol motifs (C(OH)–C–C–N with tert-alkyl or cyclic N) is 1. The zero-order valence-corrected chi connectivity index (χ0v) is 13.0. The number of benzene rings is 1. The van der Waals surface area contributed by atoms with Crippen molar-refractivity contribution in [1.82, 2.24) is 4.90 Å². The predicted molar refractivity (Wildman–Crippen MR) is 85.4 cm³/mol. The fourth-order valence-corrected chi connectivity index (χ4v) is 1.99. The van der Waals surface area contributed by atoms with Crippen LogP contribution in [0.1, 0.15) is 13.8 Å². The van der Waals surface area contributed by atoms with E-state index in [0.29, 0.717) is 11.4 Å². The normalized spacial score (nSPS) is 14.3. The van der Waals surface area contributed by atoms with Gasteiger partial charge in [-0.15, -0.1) is 0 Å². The lowest BCUT2D eigenvalue weighted by molar-refractivity contribution is -0.137. The van der Waals surface area contributed by atoms with Gasteiger partial charge in [0.2, 0.25) is 5.91 Å². The molecule has 0 spiro atoms. The van der Waals surface area contributed by atoms with Gasteiger partial charge in [-0.1, -0.05) is 13.8 Å². The summed E-state index contributed by atoms with van der Waals surface area (Å²) in [5.41, 5.74) is 1.42. The van der Waals surface area contributed by atoms with E-state index < -0.39 is 11.8 Å². The van der Waals surface area contributed by atoms with Gasteiger partial charge in [0.1, 0.15) is 5.70 Å². The van der Waals surface area contributed by atoms with E-state index in [2.05, 4.69) is 10.6 Å². The third-order valence-electron chi connectivity index (χ3n) is 3.29. The number of nitrogens with one attached hydrogen (secondary N) is 2. The highest BCUT2D eigenvalue weighted by Gasteiger charge is 2.30. The maximum absolute atomic E-state index is 12.0. The van der Waals surface area contributed by atoms with Crippen LogP contribution in [-0.4, -0.2) is 40.9 Å². The van der Waals surface area contributed by atoms with E-state index in [0.717, 1.165) is 4.90 Å². The molecule has 0 bridgehead atoms. The molecule has 2 rings (SSSR count). The van der Waals surface area contributed by atoms with Gasteiger partial charge in [0.15, 0.2) is 0 Å². The Kier molecular flexibility index (Phi) is 5.13. The molecule has 1 aromatic rings. The molecule has 0 aromatic heterocycles. The second-order valence-corrected chi connectivity index (χ2v) is 5.42. The number of carbonyl (C=O) groups is 3. The van der Waals surface area contributed by atoms with Crippen molar-refractivity contribution < 1.29 is 19.5 Å². The molecule has 7 nitrogen and oxygen atoms in total. The van der Waals surface area contributed by atoms with Crippen molar-refractivity contribution in [2.45, 2.75) is 13.8 Å². The summed E-state index contributed by atoms with van der Waals surface area (Å²) in [6.45, 7) is 3.31. The Morgan fingerprint density at radius 3 is 2.35 bits per heavy atom. The van der Waals surface area contributed by atoms with Crippen molar-refractivity contribution in [3.8, 4) is 0 Å². The molecular formula is C16H19N3O4. The van der Waals surface area contributed by atoms with Gasteiger partial charge in [0.25, 0.3) is 11.8 Å². The Morgan fingerprint density at radius 1 is 1.17 bits per heavy atom. The molecule has 1 aliphatic rings. The topological polar surface area (TPSA) is 98.7 Å². The summed E-state index contributed by atoms with van der Waals surface area (Å²) in [4.78, 5) is 36.2. The van der Waals surface area contributed by atoms with Crippen molar-refractivity contribution in [2.24, 2.45) is 5.92 Å². The summed E-state index contributed by atoms with van der Waals surface area (Å²) in [6.07, 6.45) is 1.20. The Morgan fingerprint density at radius 2 is 1.78 bits per heavy atom. The molecule has 0 saturated carbocycles. The number of hydrogen-bond acceptors (Lipinski definition) is 5. The number of imide groups is 1. The smallest absolute Gasteiger partial charge is 0.277 e. The summed E-state index contributed by atoms with van der Waals surface area (Å²) >= 11 is 0. The van der Waals surface area contributed by atoms with Crippen molar-refractivity contribution >= 4 is 29.1 Å². The highest BCUT2D eigenvalue weighted by atomic mass is 16.3. The molecule has 3 amide bonds. The van der Waals surface area contributed by atoms with E-state index in [1.165, 1.54) is 6.08 Å². The predicted octanol–water partition coefficient (Wildman–Crippen LogP) is 0.938. The molecule has 0 atom stereocenters. The quantitative estimate of drug-likeness (QED) is 0.678. The van der Waals surface area contributed by atoms with Gasteiger partial charge < -0.3 is 15.7 Å². The van der Waals surface area contributed by atoms with Gasteiger partial charge in [-0.05, 0) is 24.3 Å². The molecule has 1 heterocycles. The average Bonchev–Trinajstić information content (AvgIpc) is 2.77. The van der Waals surface area contributed by atoms with E-state index in [9.17, 15) is 14.4 Å². The molecule has 122 valence electrons. The molecule has 0 saturated heterocycles. The van der Waals surface area contributed by atoms with Crippen LogP contribution in [0.4, 0.5) is 11.4 Å². The van der Waals surface area contributed by atoms with Crippen molar-refractivity contribution in [1.29, 1.82) is 0 Å². The molecule has 0 fully saturated rings. The van der Waals surface area contributed by atoms with Gasteiger partial charge >= 0.3 is 0 Å². The lowest BCUT2D eigenvalue weighted by atomic mass is 10.2. The third-order valence-corrected chi connectivity index (χ3v) is 3.29. The van der Waals surface area contributed by atoms with Crippen LogP contribution in [-0.2, 0) is 14.4 Å². The lowest BCUT2D eigenvalue weighted by Crippen LogP contribution is -2.34. The molecular weight excluding hydrogens is 298 g/mol. The first-order valence-electron chi connectivity index (χ1n) is 7.28. The monoisotopic (exact) mass is 317 g/mol. The number of rotatable bonds is 6. The fourth-order valence-electron chi connectivity index (χ4n) is 1.99. The summed E-state index contributed by atoms with van der Waals surface area (Å²) in [7, 11) is 0. The van der Waals surface area contributed by atoms with Crippen LogP contribution in [0, 0.1) is 5.92 Å². The van der Waals surface area contributed by atoms with E-state index in [-0.39, 0.29) is 30.7 Å². The maximum atomic E-state index is 12.0. The van der Waals surface area contributed by atoms with Gasteiger partial charge in [-0.25, -0.2) is 0 Å². The summed E-state index contributed by atoms with van der Waals surface area (Å²) in [6, 6.07) is 6.80. The number of amides is 3. The van der Waals surface area contributed by atoms with Gasteiger partial charge in [-0.3, -0.25) is 19.3 Å². The molecule has 0 aliphatic carbocycles. The first-order valence-corrected chi connectivity index (χ1v) is 7.28. The maximum Gasteiger partial charge on any atom is 0.277 e. The average molecular weight is 317 g/mol. The minimum Gasteiger partial charge on any atom is -0.395 e. The fraction of sp³-hybridized carbons (Fsp3) is 0.312. The minimum atomic E-state index is -0.471.